The summed E-state index contributed by atoms with van der Waals surface area (Å²) in [5.74, 6) is -0.676. The van der Waals surface area contributed by atoms with Crippen molar-refractivity contribution in [2.75, 3.05) is 11.9 Å². The van der Waals surface area contributed by atoms with Crippen molar-refractivity contribution in [3.8, 4) is 0 Å². The van der Waals surface area contributed by atoms with E-state index in [0.717, 1.165) is 0 Å². The van der Waals surface area contributed by atoms with Crippen molar-refractivity contribution in [2.24, 2.45) is 5.92 Å². The first-order valence-electron chi connectivity index (χ1n) is 11.7. The van der Waals surface area contributed by atoms with Gasteiger partial charge in [0, 0.05) is 24.3 Å². The number of rotatable bonds is 7. The molecule has 0 radical (unpaired) electrons. The Hall–Kier alpha value is -2.52. The van der Waals surface area contributed by atoms with Crippen LogP contribution in [0.2, 0.25) is 0 Å². The normalized spacial score (nSPS) is 26.7. The van der Waals surface area contributed by atoms with Gasteiger partial charge in [-0.25, -0.2) is 9.19 Å². The Morgan fingerprint density at radius 1 is 1.36 bits per heavy atom. The van der Waals surface area contributed by atoms with Crippen molar-refractivity contribution < 1.29 is 27.8 Å². The fraction of sp³-hybridized carbons (Fsp3) is 0.682. The highest BCUT2D eigenvalue weighted by Gasteiger charge is 2.54. The van der Waals surface area contributed by atoms with E-state index in [0.29, 0.717) is 0 Å². The van der Waals surface area contributed by atoms with Crippen LogP contribution in [0, 0.1) is 5.92 Å². The van der Waals surface area contributed by atoms with Crippen LogP contribution >= 0.6 is 0 Å². The van der Waals surface area contributed by atoms with Crippen molar-refractivity contribution >= 4 is 40.1 Å². The summed E-state index contributed by atoms with van der Waals surface area (Å²) >= 11 is -1.95. The van der Waals surface area contributed by atoms with Gasteiger partial charge >= 0.3 is 0 Å². The molecule has 2 fully saturated rings. The van der Waals surface area contributed by atoms with E-state index in [1.165, 1.54) is 15.2 Å². The van der Waals surface area contributed by atoms with Crippen molar-refractivity contribution in [1.82, 2.24) is 23.8 Å². The number of hydrogen-bond acceptors (Lipinski definition) is 9. The highest BCUT2D eigenvalue weighted by molar-refractivity contribution is 7.77. The highest BCUT2D eigenvalue weighted by Crippen LogP contribution is 2.40. The van der Waals surface area contributed by atoms with Crippen LogP contribution in [0.25, 0.3) is 11.2 Å². The van der Waals surface area contributed by atoms with E-state index >= 15 is 0 Å². The molecule has 14 heteroatoms. The quantitative estimate of drug-likeness (QED) is 0.474. The predicted molar refractivity (Wildman–Crippen MR) is 130 cm³/mol. The number of anilines is 1. The van der Waals surface area contributed by atoms with E-state index < -0.39 is 46.3 Å². The summed E-state index contributed by atoms with van der Waals surface area (Å²) in [6, 6.07) is 0. The minimum atomic E-state index is -1.95. The van der Waals surface area contributed by atoms with Crippen LogP contribution in [0.15, 0.2) is 11.1 Å². The average Bonchev–Trinajstić information content (AvgIpc) is 3.38. The molecule has 13 nitrogen and oxygen atoms in total. The lowest BCUT2D eigenvalue weighted by atomic mass is 9.99. The Labute approximate surface area is 210 Å². The molecule has 0 aromatic carbocycles. The average molecular weight is 525 g/mol. The smallest absolute Gasteiger partial charge is 0.280 e. The van der Waals surface area contributed by atoms with E-state index in [-0.39, 0.29) is 54.2 Å². The molecule has 3 N–H and O–H groups in total. The summed E-state index contributed by atoms with van der Waals surface area (Å²) in [5.41, 5.74) is -1.90. The van der Waals surface area contributed by atoms with Crippen LogP contribution in [-0.4, -0.2) is 74.7 Å². The van der Waals surface area contributed by atoms with Crippen LogP contribution in [0.3, 0.4) is 0 Å². The number of carbonyl (C=O) groups excluding carboxylic acids is 2. The number of aliphatic hydroxyl groups excluding tert-OH is 1. The molecular formula is C22H32N6O7S. The summed E-state index contributed by atoms with van der Waals surface area (Å²) in [6.07, 6.45) is -0.722. The lowest BCUT2D eigenvalue weighted by Crippen LogP contribution is -2.51. The first-order valence-corrected chi connectivity index (χ1v) is 12.8. The van der Waals surface area contributed by atoms with Crippen LogP contribution in [0.4, 0.5) is 5.95 Å². The molecule has 2 aromatic rings. The number of ether oxygens (including phenoxy) is 1. The van der Waals surface area contributed by atoms with Gasteiger partial charge in [-0.3, -0.25) is 33.4 Å². The maximum atomic E-state index is 13.0. The van der Waals surface area contributed by atoms with Gasteiger partial charge in [0.05, 0.1) is 24.6 Å². The molecule has 0 spiro atoms. The number of imidazole rings is 1. The minimum absolute atomic E-state index is 0.0211. The first-order chi connectivity index (χ1) is 16.7. The number of aromatic nitrogens is 4. The molecular weight excluding hydrogens is 492 g/mol. The van der Waals surface area contributed by atoms with Gasteiger partial charge in [-0.2, -0.15) is 9.29 Å². The standard InChI is InChI=1S/C22H32N6O7S/c1-11(2)18(31)25-20-24-17-16(19(32)26-20)23-10-27(17)15-7-12(29)13(35-15)9-34-36(33)28-21(3,4)8-14(30)22(28,5)6/h10-13,15,29H,7-9H2,1-6H3,(H2,24,25,26,31,32)/t12-,13+,15+,36?/m0/s1. The summed E-state index contributed by atoms with van der Waals surface area (Å²) in [6.45, 7) is 10.3. The van der Waals surface area contributed by atoms with E-state index in [1.807, 2.05) is 13.8 Å². The van der Waals surface area contributed by atoms with Gasteiger partial charge in [0.25, 0.3) is 5.56 Å². The Balaban J connectivity index is 1.48. The topological polar surface area (TPSA) is 169 Å². The number of nitrogens with zero attached hydrogens (tertiary/aromatic N) is 4. The molecule has 2 aromatic heterocycles. The lowest BCUT2D eigenvalue weighted by molar-refractivity contribution is -0.122. The summed E-state index contributed by atoms with van der Waals surface area (Å²) < 4.78 is 27.6. The number of amides is 1. The van der Waals surface area contributed by atoms with E-state index in [1.54, 1.807) is 27.7 Å². The third kappa shape index (κ3) is 4.75. The van der Waals surface area contributed by atoms with Crippen LogP contribution in [-0.2, 0) is 29.8 Å². The Morgan fingerprint density at radius 2 is 2.06 bits per heavy atom. The molecule has 36 heavy (non-hydrogen) atoms. The van der Waals surface area contributed by atoms with Gasteiger partial charge in [0.15, 0.2) is 16.9 Å². The maximum absolute atomic E-state index is 13.0. The van der Waals surface area contributed by atoms with Gasteiger partial charge in [0.1, 0.15) is 12.3 Å². The van der Waals surface area contributed by atoms with Crippen LogP contribution in [0.5, 0.6) is 0 Å². The fourth-order valence-electron chi connectivity index (χ4n) is 4.61. The zero-order valence-electron chi connectivity index (χ0n) is 21.1. The molecule has 1 amide bonds. The van der Waals surface area contributed by atoms with Gasteiger partial charge in [-0.15, -0.1) is 0 Å². The lowest BCUT2D eigenvalue weighted by Gasteiger charge is -2.36. The molecule has 4 heterocycles. The highest BCUT2D eigenvalue weighted by atomic mass is 32.2. The second-order valence-corrected chi connectivity index (χ2v) is 11.6. The molecule has 2 saturated heterocycles. The Kier molecular flexibility index (Phi) is 6.94. The molecule has 0 saturated carbocycles. The number of carbonyl (C=O) groups is 2. The largest absolute Gasteiger partial charge is 0.390 e. The van der Waals surface area contributed by atoms with E-state index in [9.17, 15) is 23.7 Å². The third-order valence-corrected chi connectivity index (χ3v) is 8.11. The summed E-state index contributed by atoms with van der Waals surface area (Å²) in [4.78, 5) is 47.8. The molecule has 198 valence electrons. The molecule has 4 rings (SSSR count). The first kappa shape index (κ1) is 26.5. The number of aliphatic hydroxyl groups is 1. The van der Waals surface area contributed by atoms with Gasteiger partial charge in [-0.1, -0.05) is 13.8 Å². The number of aromatic amines is 1. The number of H-pyrrole nitrogens is 1. The monoisotopic (exact) mass is 524 g/mol. The maximum Gasteiger partial charge on any atom is 0.280 e. The van der Waals surface area contributed by atoms with Crippen LogP contribution in [0.1, 0.15) is 60.6 Å². The second kappa shape index (κ2) is 9.41. The predicted octanol–water partition coefficient (Wildman–Crippen LogP) is 0.790. The molecule has 0 aliphatic carbocycles. The molecule has 2 aliphatic rings. The Bertz CT molecular complexity index is 1270. The number of Topliss-reactive ketones (excluding diaryl/α,β-unsaturated/α-hetero) is 1. The van der Waals surface area contributed by atoms with Crippen molar-refractivity contribution in [1.29, 1.82) is 0 Å². The summed E-state index contributed by atoms with van der Waals surface area (Å²) in [7, 11) is 0. The zero-order valence-corrected chi connectivity index (χ0v) is 21.9. The molecule has 0 bridgehead atoms. The third-order valence-electron chi connectivity index (χ3n) is 6.53. The zero-order chi connectivity index (χ0) is 26.6. The van der Waals surface area contributed by atoms with Gasteiger partial charge in [-0.05, 0) is 27.7 Å². The number of nitrogens with one attached hydrogen (secondary N) is 2. The molecule has 2 aliphatic heterocycles. The van der Waals surface area contributed by atoms with Crippen molar-refractivity contribution in [3.63, 3.8) is 0 Å². The molecule has 1 unspecified atom stereocenters. The van der Waals surface area contributed by atoms with E-state index in [2.05, 4.69) is 20.3 Å². The van der Waals surface area contributed by atoms with Gasteiger partial charge < -0.3 is 9.84 Å². The molecule has 4 atom stereocenters. The minimum Gasteiger partial charge on any atom is -0.390 e. The van der Waals surface area contributed by atoms with Crippen molar-refractivity contribution in [3.05, 3.63) is 16.7 Å². The van der Waals surface area contributed by atoms with Crippen LogP contribution < -0.4 is 10.9 Å². The Morgan fingerprint density at radius 3 is 2.67 bits per heavy atom. The van der Waals surface area contributed by atoms with Crippen molar-refractivity contribution in [2.45, 2.75) is 83.9 Å². The second-order valence-electron chi connectivity index (χ2n) is 10.6. The summed E-state index contributed by atoms with van der Waals surface area (Å²) in [5, 5.41) is 13.2. The fourth-order valence-corrected chi connectivity index (χ4v) is 5.91. The number of ketones is 1. The van der Waals surface area contributed by atoms with E-state index in [4.69, 9.17) is 8.92 Å². The number of hydrogen-bond donors (Lipinski definition) is 3. The number of fused-ring (bicyclic) bond motifs is 1. The van der Waals surface area contributed by atoms with Gasteiger partial charge in [0.2, 0.25) is 23.1 Å². The SMILES string of the molecule is CC(C)C(=O)Nc1nc2c(ncn2[C@H]2C[C@H](O)[C@@H](COS(=O)N3C(C)(C)CC(=O)C3(C)C)O2)c(=O)[nH]1.